The molecule has 0 saturated heterocycles. The summed E-state index contributed by atoms with van der Waals surface area (Å²) in [5.74, 6) is 0.733. The Balaban J connectivity index is 1.94. The third-order valence-electron chi connectivity index (χ3n) is 2.84. The lowest BCUT2D eigenvalue weighted by molar-refractivity contribution is 0.574. The molecule has 0 aliphatic carbocycles. The smallest absolute Gasteiger partial charge is 0.136 e. The molecule has 1 aromatic heterocycles. The second kappa shape index (κ2) is 8.17. The second-order valence-corrected chi connectivity index (χ2v) is 7.40. The maximum Gasteiger partial charge on any atom is 0.136 e. The zero-order valence-electron chi connectivity index (χ0n) is 11.2. The predicted octanol–water partition coefficient (Wildman–Crippen LogP) is 4.96. The highest BCUT2D eigenvalue weighted by atomic mass is 79.9. The van der Waals surface area contributed by atoms with E-state index in [9.17, 15) is 4.39 Å². The first-order chi connectivity index (χ1) is 9.69. The zero-order chi connectivity index (χ0) is 14.4. The summed E-state index contributed by atoms with van der Waals surface area (Å²) in [6.07, 6.45) is 0.978. The van der Waals surface area contributed by atoms with Crippen molar-refractivity contribution in [2.24, 2.45) is 0 Å². The number of thiophene rings is 1. The maximum absolute atomic E-state index is 13.6. The molecule has 1 heterocycles. The van der Waals surface area contributed by atoms with Crippen molar-refractivity contribution >= 4 is 39.0 Å². The lowest BCUT2D eigenvalue weighted by atomic mass is 10.2. The van der Waals surface area contributed by atoms with Crippen molar-refractivity contribution in [3.63, 3.8) is 0 Å². The van der Waals surface area contributed by atoms with Crippen molar-refractivity contribution in [3.05, 3.63) is 50.9 Å². The first kappa shape index (κ1) is 16.0. The molecule has 0 radical (unpaired) electrons. The van der Waals surface area contributed by atoms with Crippen molar-refractivity contribution in [2.45, 2.75) is 24.3 Å². The summed E-state index contributed by atoms with van der Waals surface area (Å²) >= 11 is 6.82. The Morgan fingerprint density at radius 3 is 2.85 bits per heavy atom. The molecule has 5 heteroatoms. The molecule has 1 nitrogen and oxygen atoms in total. The second-order valence-electron chi connectivity index (χ2n) is 4.43. The van der Waals surface area contributed by atoms with E-state index in [1.54, 1.807) is 29.2 Å². The quantitative estimate of drug-likeness (QED) is 0.688. The van der Waals surface area contributed by atoms with Gasteiger partial charge < -0.3 is 5.32 Å². The molecule has 108 valence electrons. The fourth-order valence-corrected chi connectivity index (χ4v) is 4.46. The van der Waals surface area contributed by atoms with Crippen LogP contribution in [0.1, 0.15) is 11.8 Å². The van der Waals surface area contributed by atoms with E-state index in [2.05, 4.69) is 39.6 Å². The van der Waals surface area contributed by atoms with Crippen LogP contribution in [0.5, 0.6) is 0 Å². The van der Waals surface area contributed by atoms with Crippen molar-refractivity contribution in [3.8, 4) is 0 Å². The zero-order valence-corrected chi connectivity index (χ0v) is 14.5. The molecular formula is C15H17BrFNS2. The Morgan fingerprint density at radius 2 is 2.20 bits per heavy atom. The third kappa shape index (κ3) is 4.88. The van der Waals surface area contributed by atoms with Gasteiger partial charge in [-0.05, 0) is 47.1 Å². The molecule has 1 atom stereocenters. The summed E-state index contributed by atoms with van der Waals surface area (Å²) in [6.45, 7) is 3.03. The topological polar surface area (TPSA) is 12.0 Å². The SMILES string of the molecule is CCNC(CSc1ccccc1F)Cc1cc(Br)cs1. The molecule has 20 heavy (non-hydrogen) atoms. The van der Waals surface area contributed by atoms with Crippen LogP contribution in [-0.4, -0.2) is 18.3 Å². The van der Waals surface area contributed by atoms with E-state index in [0.29, 0.717) is 6.04 Å². The van der Waals surface area contributed by atoms with Gasteiger partial charge in [0.25, 0.3) is 0 Å². The van der Waals surface area contributed by atoms with Gasteiger partial charge in [-0.1, -0.05) is 19.1 Å². The minimum absolute atomic E-state index is 0.133. The highest BCUT2D eigenvalue weighted by Gasteiger charge is 2.12. The van der Waals surface area contributed by atoms with Crippen LogP contribution < -0.4 is 5.32 Å². The fourth-order valence-electron chi connectivity index (χ4n) is 1.93. The summed E-state index contributed by atoms with van der Waals surface area (Å²) in [6, 6.07) is 9.47. The Kier molecular flexibility index (Phi) is 6.55. The first-order valence-electron chi connectivity index (χ1n) is 6.52. The minimum Gasteiger partial charge on any atom is -0.313 e. The van der Waals surface area contributed by atoms with Crippen molar-refractivity contribution in [1.82, 2.24) is 5.32 Å². The largest absolute Gasteiger partial charge is 0.313 e. The van der Waals surface area contributed by atoms with Crippen LogP contribution in [-0.2, 0) is 6.42 Å². The van der Waals surface area contributed by atoms with Gasteiger partial charge in [-0.2, -0.15) is 0 Å². The van der Waals surface area contributed by atoms with Gasteiger partial charge in [0, 0.05) is 31.4 Å². The van der Waals surface area contributed by atoms with Gasteiger partial charge in [-0.3, -0.25) is 0 Å². The average molecular weight is 374 g/mol. The van der Waals surface area contributed by atoms with Gasteiger partial charge in [-0.15, -0.1) is 23.1 Å². The lowest BCUT2D eigenvalue weighted by Crippen LogP contribution is -2.33. The number of rotatable bonds is 7. The molecule has 0 spiro atoms. The molecule has 0 fully saturated rings. The number of hydrogen-bond acceptors (Lipinski definition) is 3. The molecule has 2 aromatic rings. The van der Waals surface area contributed by atoms with Crippen molar-refractivity contribution in [1.29, 1.82) is 0 Å². The van der Waals surface area contributed by atoms with E-state index in [-0.39, 0.29) is 5.82 Å². The van der Waals surface area contributed by atoms with Crippen LogP contribution in [0.25, 0.3) is 0 Å². The summed E-state index contributed by atoms with van der Waals surface area (Å²) in [5, 5.41) is 5.58. The molecule has 0 aliphatic heterocycles. The summed E-state index contributed by atoms with van der Waals surface area (Å²) in [7, 11) is 0. The first-order valence-corrected chi connectivity index (χ1v) is 9.18. The molecule has 2 rings (SSSR count). The Bertz CT molecular complexity index is 544. The molecule has 0 bridgehead atoms. The predicted molar refractivity (Wildman–Crippen MR) is 90.3 cm³/mol. The van der Waals surface area contributed by atoms with Gasteiger partial charge in [-0.25, -0.2) is 4.39 Å². The number of likely N-dealkylation sites (N-methyl/N-ethyl adjacent to an activating group) is 1. The van der Waals surface area contributed by atoms with Gasteiger partial charge in [0.05, 0.1) is 0 Å². The van der Waals surface area contributed by atoms with Crippen LogP contribution in [0, 0.1) is 5.82 Å². The van der Waals surface area contributed by atoms with Crippen LogP contribution in [0.2, 0.25) is 0 Å². The monoisotopic (exact) mass is 373 g/mol. The van der Waals surface area contributed by atoms with Crippen LogP contribution in [0.4, 0.5) is 4.39 Å². The van der Waals surface area contributed by atoms with Crippen LogP contribution in [0.15, 0.2) is 45.1 Å². The van der Waals surface area contributed by atoms with Crippen LogP contribution >= 0.6 is 39.0 Å². The number of hydrogen-bond donors (Lipinski definition) is 1. The van der Waals surface area contributed by atoms with E-state index in [4.69, 9.17) is 0 Å². The van der Waals surface area contributed by atoms with Gasteiger partial charge >= 0.3 is 0 Å². The Hall–Kier alpha value is -0.360. The molecular weight excluding hydrogens is 357 g/mol. The molecule has 0 amide bonds. The normalized spacial score (nSPS) is 12.6. The standard InChI is InChI=1S/C15H17BrFNS2/c1-2-18-12(8-13-7-11(16)9-19-13)10-20-15-6-4-3-5-14(15)17/h3-7,9,12,18H,2,8,10H2,1H3. The summed E-state index contributed by atoms with van der Waals surface area (Å²) < 4.78 is 14.7. The average Bonchev–Trinajstić information content (AvgIpc) is 2.83. The van der Waals surface area contributed by atoms with E-state index in [1.807, 2.05) is 12.1 Å². The number of benzene rings is 1. The maximum atomic E-state index is 13.6. The van der Waals surface area contributed by atoms with E-state index < -0.39 is 0 Å². The molecule has 0 saturated carbocycles. The van der Waals surface area contributed by atoms with Gasteiger partial charge in [0.2, 0.25) is 0 Å². The number of halogens is 2. The number of thioether (sulfide) groups is 1. The fraction of sp³-hybridized carbons (Fsp3) is 0.333. The van der Waals surface area contributed by atoms with E-state index in [0.717, 1.165) is 28.1 Å². The Morgan fingerprint density at radius 1 is 1.40 bits per heavy atom. The van der Waals surface area contributed by atoms with Gasteiger partial charge in [0.15, 0.2) is 0 Å². The number of nitrogens with one attached hydrogen (secondary N) is 1. The highest BCUT2D eigenvalue weighted by molar-refractivity contribution is 9.10. The lowest BCUT2D eigenvalue weighted by Gasteiger charge is -2.16. The molecule has 1 aromatic carbocycles. The van der Waals surface area contributed by atoms with Crippen molar-refractivity contribution in [2.75, 3.05) is 12.3 Å². The van der Waals surface area contributed by atoms with Crippen molar-refractivity contribution < 1.29 is 4.39 Å². The van der Waals surface area contributed by atoms with E-state index in [1.165, 1.54) is 10.9 Å². The summed E-state index contributed by atoms with van der Waals surface area (Å²) in [5.41, 5.74) is 0. The molecule has 1 unspecified atom stereocenters. The minimum atomic E-state index is -0.133. The highest BCUT2D eigenvalue weighted by Crippen LogP contribution is 2.25. The van der Waals surface area contributed by atoms with E-state index >= 15 is 0 Å². The van der Waals surface area contributed by atoms with Crippen LogP contribution in [0.3, 0.4) is 0 Å². The molecule has 0 aliphatic rings. The molecule has 1 N–H and O–H groups in total. The Labute approximate surface area is 136 Å². The summed E-state index contributed by atoms with van der Waals surface area (Å²) in [4.78, 5) is 2.07. The van der Waals surface area contributed by atoms with Gasteiger partial charge in [0.1, 0.15) is 5.82 Å². The third-order valence-corrected chi connectivity index (χ3v) is 5.77.